The Hall–Kier alpha value is -1.98. The molecule has 0 saturated heterocycles. The second-order valence-corrected chi connectivity index (χ2v) is 3.02. The molecule has 0 fully saturated rings. The van der Waals surface area contributed by atoms with Crippen molar-refractivity contribution in [2.45, 2.75) is 20.4 Å². The lowest BCUT2D eigenvalue weighted by atomic mass is 10.5. The molecule has 0 aliphatic rings. The van der Waals surface area contributed by atoms with E-state index in [1.165, 1.54) is 0 Å². The van der Waals surface area contributed by atoms with Crippen molar-refractivity contribution >= 4 is 11.7 Å². The van der Waals surface area contributed by atoms with E-state index in [1.807, 2.05) is 0 Å². The van der Waals surface area contributed by atoms with Crippen LogP contribution in [-0.4, -0.2) is 21.7 Å². The minimum absolute atomic E-state index is 0.283. The summed E-state index contributed by atoms with van der Waals surface area (Å²) < 4.78 is 0. The number of carbonyl (C=O) groups is 1. The minimum Gasteiger partial charge on any atom is -0.329 e. The Morgan fingerprint density at radius 1 is 1.40 bits per heavy atom. The van der Waals surface area contributed by atoms with Crippen molar-refractivity contribution in [2.75, 3.05) is 0 Å². The Morgan fingerprint density at radius 2 is 2.07 bits per heavy atom. The maximum Gasteiger partial charge on any atom is 0.335 e. The molecule has 0 saturated carbocycles. The lowest BCUT2D eigenvalue weighted by molar-refractivity contribution is 0.240. The molecular formula is C9H13N5O. The van der Waals surface area contributed by atoms with E-state index in [1.54, 1.807) is 32.3 Å². The third kappa shape index (κ3) is 4.70. The van der Waals surface area contributed by atoms with Crippen LogP contribution in [0.3, 0.4) is 0 Å². The monoisotopic (exact) mass is 207 g/mol. The molecule has 6 heteroatoms. The maximum atomic E-state index is 11.1. The van der Waals surface area contributed by atoms with Crippen molar-refractivity contribution in [1.82, 2.24) is 20.7 Å². The summed E-state index contributed by atoms with van der Waals surface area (Å²) in [4.78, 5) is 19.0. The Morgan fingerprint density at radius 3 is 2.67 bits per heavy atom. The highest BCUT2D eigenvalue weighted by Gasteiger charge is 1.99. The fraction of sp³-hybridized carbons (Fsp3) is 0.333. The first-order valence-electron chi connectivity index (χ1n) is 4.49. The van der Waals surface area contributed by atoms with E-state index >= 15 is 0 Å². The highest BCUT2D eigenvalue weighted by atomic mass is 16.2. The number of carbonyl (C=O) groups excluding carboxylic acids is 1. The number of rotatable bonds is 3. The van der Waals surface area contributed by atoms with E-state index < -0.39 is 0 Å². The average molecular weight is 207 g/mol. The first kappa shape index (κ1) is 11.1. The van der Waals surface area contributed by atoms with E-state index in [0.717, 1.165) is 5.71 Å². The molecule has 0 aromatic carbocycles. The Kier molecular flexibility index (Phi) is 4.21. The molecule has 0 unspecified atom stereocenters. The molecule has 2 N–H and O–H groups in total. The van der Waals surface area contributed by atoms with Gasteiger partial charge in [0.15, 0.2) is 0 Å². The number of nitrogens with one attached hydrogen (secondary N) is 2. The maximum absolute atomic E-state index is 11.1. The number of hydrogen-bond donors (Lipinski definition) is 2. The third-order valence-corrected chi connectivity index (χ3v) is 1.41. The van der Waals surface area contributed by atoms with Crippen molar-refractivity contribution in [3.63, 3.8) is 0 Å². The average Bonchev–Trinajstić information content (AvgIpc) is 2.25. The summed E-state index contributed by atoms with van der Waals surface area (Å²) in [5.41, 5.74) is 3.11. The zero-order chi connectivity index (χ0) is 11.1. The molecule has 0 radical (unpaired) electrons. The number of nitrogens with zero attached hydrogens (tertiary/aromatic N) is 3. The molecular weight excluding hydrogens is 194 g/mol. The van der Waals surface area contributed by atoms with Gasteiger partial charge in [0, 0.05) is 18.1 Å². The third-order valence-electron chi connectivity index (χ3n) is 1.41. The summed E-state index contributed by atoms with van der Waals surface area (Å²) in [7, 11) is 0. The van der Waals surface area contributed by atoms with E-state index in [9.17, 15) is 4.79 Å². The fourth-order valence-corrected chi connectivity index (χ4v) is 0.783. The van der Waals surface area contributed by atoms with Crippen LogP contribution in [-0.2, 0) is 6.54 Å². The van der Waals surface area contributed by atoms with Gasteiger partial charge in [0.25, 0.3) is 0 Å². The van der Waals surface area contributed by atoms with Crippen molar-refractivity contribution in [3.05, 3.63) is 24.3 Å². The SMILES string of the molecule is CC(C)=NNC(=O)NCc1ncccn1. The second kappa shape index (κ2) is 5.69. The molecule has 80 valence electrons. The number of amides is 2. The van der Waals surface area contributed by atoms with Gasteiger partial charge in [-0.2, -0.15) is 5.10 Å². The first-order valence-corrected chi connectivity index (χ1v) is 4.49. The van der Waals surface area contributed by atoms with Crippen LogP contribution in [0.2, 0.25) is 0 Å². The van der Waals surface area contributed by atoms with Gasteiger partial charge < -0.3 is 5.32 Å². The van der Waals surface area contributed by atoms with Gasteiger partial charge in [0.1, 0.15) is 5.82 Å². The molecule has 0 spiro atoms. The van der Waals surface area contributed by atoms with Crippen LogP contribution in [0, 0.1) is 0 Å². The van der Waals surface area contributed by atoms with Gasteiger partial charge in [-0.15, -0.1) is 0 Å². The number of aromatic nitrogens is 2. The van der Waals surface area contributed by atoms with E-state index in [0.29, 0.717) is 5.82 Å². The van der Waals surface area contributed by atoms with Crippen molar-refractivity contribution in [1.29, 1.82) is 0 Å². The van der Waals surface area contributed by atoms with Crippen molar-refractivity contribution in [2.24, 2.45) is 5.10 Å². The summed E-state index contributed by atoms with van der Waals surface area (Å²) in [5.74, 6) is 0.560. The van der Waals surface area contributed by atoms with Crippen LogP contribution < -0.4 is 10.7 Å². The lowest BCUT2D eigenvalue weighted by Crippen LogP contribution is -2.32. The van der Waals surface area contributed by atoms with Gasteiger partial charge >= 0.3 is 6.03 Å². The molecule has 2 amide bonds. The molecule has 0 aliphatic carbocycles. The highest BCUT2D eigenvalue weighted by molar-refractivity contribution is 5.81. The van der Waals surface area contributed by atoms with Crippen molar-refractivity contribution < 1.29 is 4.79 Å². The van der Waals surface area contributed by atoms with Crippen LogP contribution >= 0.6 is 0 Å². The Labute approximate surface area is 87.8 Å². The van der Waals surface area contributed by atoms with Crippen LogP contribution in [0.25, 0.3) is 0 Å². The summed E-state index contributed by atoms with van der Waals surface area (Å²) in [5, 5.41) is 6.32. The zero-order valence-corrected chi connectivity index (χ0v) is 8.69. The standard InChI is InChI=1S/C9H13N5O/c1-7(2)13-14-9(15)12-6-8-10-4-3-5-11-8/h3-5H,6H2,1-2H3,(H2,12,14,15). The smallest absolute Gasteiger partial charge is 0.329 e. The topological polar surface area (TPSA) is 79.3 Å². The number of hydrazone groups is 1. The minimum atomic E-state index is -0.372. The first-order chi connectivity index (χ1) is 7.18. The second-order valence-electron chi connectivity index (χ2n) is 3.02. The summed E-state index contributed by atoms with van der Waals surface area (Å²) >= 11 is 0. The molecule has 0 bridgehead atoms. The van der Waals surface area contributed by atoms with Crippen LogP contribution in [0.4, 0.5) is 4.79 Å². The quantitative estimate of drug-likeness (QED) is 0.564. The summed E-state index contributed by atoms with van der Waals surface area (Å²) in [6.45, 7) is 3.87. The molecule has 1 rings (SSSR count). The Bertz CT molecular complexity index is 345. The predicted molar refractivity (Wildman–Crippen MR) is 56.2 cm³/mol. The lowest BCUT2D eigenvalue weighted by Gasteiger charge is -2.02. The van der Waals surface area contributed by atoms with Crippen LogP contribution in [0.1, 0.15) is 19.7 Å². The van der Waals surface area contributed by atoms with Gasteiger partial charge in [-0.25, -0.2) is 20.2 Å². The fourth-order valence-electron chi connectivity index (χ4n) is 0.783. The van der Waals surface area contributed by atoms with E-state index in [2.05, 4.69) is 25.8 Å². The normalized spacial score (nSPS) is 9.20. The van der Waals surface area contributed by atoms with Gasteiger partial charge in [0.2, 0.25) is 0 Å². The van der Waals surface area contributed by atoms with Gasteiger partial charge in [-0.1, -0.05) is 0 Å². The molecule has 1 heterocycles. The number of hydrogen-bond acceptors (Lipinski definition) is 4. The van der Waals surface area contributed by atoms with Gasteiger partial charge in [-0.3, -0.25) is 0 Å². The largest absolute Gasteiger partial charge is 0.335 e. The predicted octanol–water partition coefficient (Wildman–Crippen LogP) is 0.672. The molecule has 0 atom stereocenters. The molecule has 0 aliphatic heterocycles. The molecule has 15 heavy (non-hydrogen) atoms. The zero-order valence-electron chi connectivity index (χ0n) is 8.69. The van der Waals surface area contributed by atoms with E-state index in [4.69, 9.17) is 0 Å². The van der Waals surface area contributed by atoms with E-state index in [-0.39, 0.29) is 12.6 Å². The van der Waals surface area contributed by atoms with Crippen LogP contribution in [0.15, 0.2) is 23.6 Å². The van der Waals surface area contributed by atoms with Gasteiger partial charge in [0.05, 0.1) is 6.54 Å². The molecule has 6 nitrogen and oxygen atoms in total. The highest BCUT2D eigenvalue weighted by Crippen LogP contribution is 1.85. The summed E-state index contributed by atoms with van der Waals surface area (Å²) in [6, 6.07) is 1.34. The van der Waals surface area contributed by atoms with Crippen molar-refractivity contribution in [3.8, 4) is 0 Å². The number of urea groups is 1. The Balaban J connectivity index is 2.32. The molecule has 1 aromatic rings. The van der Waals surface area contributed by atoms with Crippen LogP contribution in [0.5, 0.6) is 0 Å². The van der Waals surface area contributed by atoms with Gasteiger partial charge in [-0.05, 0) is 19.9 Å². The summed E-state index contributed by atoms with van der Waals surface area (Å²) in [6.07, 6.45) is 3.24. The molecule has 1 aromatic heterocycles.